The third-order valence-electron chi connectivity index (χ3n) is 7.00. The van der Waals surface area contributed by atoms with Crippen molar-refractivity contribution in [3.8, 4) is 22.6 Å². The molecule has 10 heteroatoms. The van der Waals surface area contributed by atoms with Crippen LogP contribution in [0.1, 0.15) is 18.4 Å². The average molecular weight is 570 g/mol. The third-order valence-corrected chi connectivity index (χ3v) is 10.5. The standard InChI is InChI=1S/C29H31NO7S2/c1-36-24-9-6-10-25(37-2)26(24)21-13-11-20(12-14-21)19-23(27(31)32)30-28(33)29(15-17-38-18-16-29)39(34,35)22-7-4-3-5-8-22/h3-14,23H,15-19H2,1-2H3,(H,30,33)(H,31,32)/t23-/m0/s1. The van der Waals surface area contributed by atoms with Crippen molar-refractivity contribution < 1.29 is 32.6 Å². The van der Waals surface area contributed by atoms with Gasteiger partial charge in [0.15, 0.2) is 14.6 Å². The minimum atomic E-state index is -4.06. The molecule has 0 radical (unpaired) electrons. The quantitative estimate of drug-likeness (QED) is 0.373. The molecule has 1 atom stereocenters. The van der Waals surface area contributed by atoms with Gasteiger partial charge >= 0.3 is 5.97 Å². The molecule has 0 spiro atoms. The second-order valence-electron chi connectivity index (χ2n) is 9.23. The summed E-state index contributed by atoms with van der Waals surface area (Å²) < 4.78 is 36.6. The zero-order valence-corrected chi connectivity index (χ0v) is 23.4. The molecule has 39 heavy (non-hydrogen) atoms. The monoisotopic (exact) mass is 569 g/mol. The first kappa shape index (κ1) is 28.5. The van der Waals surface area contributed by atoms with Crippen LogP contribution >= 0.6 is 11.8 Å². The number of carbonyl (C=O) groups is 2. The second kappa shape index (κ2) is 12.1. The van der Waals surface area contributed by atoms with E-state index >= 15 is 0 Å². The first-order valence-corrected chi connectivity index (χ1v) is 15.1. The Kier molecular flexibility index (Phi) is 8.87. The number of hydrogen-bond acceptors (Lipinski definition) is 7. The molecule has 0 unspecified atom stereocenters. The van der Waals surface area contributed by atoms with Gasteiger partial charge in [0.1, 0.15) is 17.5 Å². The van der Waals surface area contributed by atoms with Crippen molar-refractivity contribution in [2.75, 3.05) is 25.7 Å². The summed E-state index contributed by atoms with van der Waals surface area (Å²) in [6.07, 6.45) is 0.214. The average Bonchev–Trinajstić information content (AvgIpc) is 2.97. The summed E-state index contributed by atoms with van der Waals surface area (Å²) in [6.45, 7) is 0. The zero-order chi connectivity index (χ0) is 28.0. The lowest BCUT2D eigenvalue weighted by atomic mass is 9.97. The van der Waals surface area contributed by atoms with Gasteiger partial charge in [-0.15, -0.1) is 0 Å². The predicted molar refractivity (Wildman–Crippen MR) is 151 cm³/mol. The van der Waals surface area contributed by atoms with Gasteiger partial charge in [0.25, 0.3) is 0 Å². The Morgan fingerprint density at radius 1 is 0.923 bits per heavy atom. The molecule has 2 N–H and O–H groups in total. The molecule has 0 aliphatic carbocycles. The largest absolute Gasteiger partial charge is 0.496 e. The number of carboxylic acids is 1. The Balaban J connectivity index is 1.59. The maximum atomic E-state index is 13.7. The number of thioether (sulfide) groups is 1. The van der Waals surface area contributed by atoms with Gasteiger partial charge in [0, 0.05) is 6.42 Å². The molecule has 3 aromatic carbocycles. The summed E-state index contributed by atoms with van der Waals surface area (Å²) in [5.74, 6) is 0.239. The Labute approximate surface area is 232 Å². The zero-order valence-electron chi connectivity index (χ0n) is 21.8. The number of carboxylic acid groups (broad SMARTS) is 1. The first-order chi connectivity index (χ1) is 18.7. The highest BCUT2D eigenvalue weighted by Crippen LogP contribution is 2.39. The van der Waals surface area contributed by atoms with Crippen molar-refractivity contribution in [1.29, 1.82) is 0 Å². The van der Waals surface area contributed by atoms with E-state index in [1.165, 1.54) is 12.1 Å². The molecular formula is C29H31NO7S2. The van der Waals surface area contributed by atoms with Crippen molar-refractivity contribution >= 4 is 33.5 Å². The van der Waals surface area contributed by atoms with Crippen LogP contribution in [0.15, 0.2) is 77.7 Å². The van der Waals surface area contributed by atoms with Crippen LogP contribution in [-0.2, 0) is 25.8 Å². The van der Waals surface area contributed by atoms with Crippen LogP contribution in [0.5, 0.6) is 11.5 Å². The van der Waals surface area contributed by atoms with Crippen molar-refractivity contribution in [1.82, 2.24) is 5.32 Å². The molecule has 0 aromatic heterocycles. The molecule has 1 aliphatic rings. The predicted octanol–water partition coefficient (Wildman–Crippen LogP) is 4.22. The highest BCUT2D eigenvalue weighted by atomic mass is 32.2. The summed E-state index contributed by atoms with van der Waals surface area (Å²) >= 11 is 1.58. The number of nitrogens with one attached hydrogen (secondary N) is 1. The fourth-order valence-electron chi connectivity index (χ4n) is 4.81. The lowest BCUT2D eigenvalue weighted by Crippen LogP contribution is -2.58. The van der Waals surface area contributed by atoms with E-state index in [0.29, 0.717) is 28.6 Å². The van der Waals surface area contributed by atoms with Crippen LogP contribution in [-0.4, -0.2) is 61.9 Å². The summed E-state index contributed by atoms with van der Waals surface area (Å²) in [7, 11) is -0.915. The van der Waals surface area contributed by atoms with E-state index in [4.69, 9.17) is 9.47 Å². The van der Waals surface area contributed by atoms with Gasteiger partial charge in [-0.1, -0.05) is 48.5 Å². The van der Waals surface area contributed by atoms with E-state index in [-0.39, 0.29) is 24.2 Å². The Morgan fingerprint density at radius 3 is 2.05 bits per heavy atom. The lowest BCUT2D eigenvalue weighted by Gasteiger charge is -2.35. The molecule has 1 amide bonds. The van der Waals surface area contributed by atoms with Gasteiger partial charge in [-0.25, -0.2) is 13.2 Å². The number of ether oxygens (including phenoxy) is 2. The first-order valence-electron chi connectivity index (χ1n) is 12.4. The van der Waals surface area contributed by atoms with Gasteiger partial charge < -0.3 is 19.9 Å². The van der Waals surface area contributed by atoms with E-state index in [2.05, 4.69) is 5.32 Å². The van der Waals surface area contributed by atoms with Crippen molar-refractivity contribution in [3.05, 3.63) is 78.4 Å². The lowest BCUT2D eigenvalue weighted by molar-refractivity contribution is -0.142. The molecule has 3 aromatic rings. The fraction of sp³-hybridized carbons (Fsp3) is 0.310. The van der Waals surface area contributed by atoms with Crippen LogP contribution in [0, 0.1) is 0 Å². The molecule has 1 heterocycles. The highest BCUT2D eigenvalue weighted by molar-refractivity contribution is 7.99. The fourth-order valence-corrected chi connectivity index (χ4v) is 8.27. The Morgan fingerprint density at radius 2 is 1.51 bits per heavy atom. The number of methoxy groups -OCH3 is 2. The maximum absolute atomic E-state index is 13.7. The van der Waals surface area contributed by atoms with E-state index in [1.54, 1.807) is 56.3 Å². The van der Waals surface area contributed by atoms with Crippen LogP contribution in [0.3, 0.4) is 0 Å². The number of benzene rings is 3. The van der Waals surface area contributed by atoms with Crippen molar-refractivity contribution in [3.63, 3.8) is 0 Å². The van der Waals surface area contributed by atoms with Crippen LogP contribution in [0.2, 0.25) is 0 Å². The number of amides is 1. The molecule has 1 saturated heterocycles. The van der Waals surface area contributed by atoms with Crippen molar-refractivity contribution in [2.24, 2.45) is 0 Å². The molecule has 0 bridgehead atoms. The number of hydrogen-bond donors (Lipinski definition) is 2. The van der Waals surface area contributed by atoms with Crippen LogP contribution in [0.25, 0.3) is 11.1 Å². The highest BCUT2D eigenvalue weighted by Gasteiger charge is 2.52. The van der Waals surface area contributed by atoms with E-state index in [9.17, 15) is 23.1 Å². The summed E-state index contributed by atoms with van der Waals surface area (Å²) in [5.41, 5.74) is 2.25. The minimum absolute atomic E-state index is 0.0133. The number of aliphatic carboxylic acids is 1. The summed E-state index contributed by atoms with van der Waals surface area (Å²) in [6, 6.07) is 19.3. The van der Waals surface area contributed by atoms with E-state index < -0.39 is 32.5 Å². The Hall–Kier alpha value is -3.50. The van der Waals surface area contributed by atoms with Crippen LogP contribution in [0.4, 0.5) is 0 Å². The molecule has 0 saturated carbocycles. The third kappa shape index (κ3) is 5.77. The summed E-state index contributed by atoms with van der Waals surface area (Å²) in [4.78, 5) is 25.9. The molecular weight excluding hydrogens is 538 g/mol. The van der Waals surface area contributed by atoms with E-state index in [1.807, 2.05) is 30.3 Å². The second-order valence-corrected chi connectivity index (χ2v) is 12.7. The number of sulfone groups is 1. The molecule has 4 rings (SSSR count). The van der Waals surface area contributed by atoms with Gasteiger partial charge in [-0.3, -0.25) is 4.79 Å². The minimum Gasteiger partial charge on any atom is -0.496 e. The van der Waals surface area contributed by atoms with Gasteiger partial charge in [-0.2, -0.15) is 11.8 Å². The molecule has 1 aliphatic heterocycles. The van der Waals surface area contributed by atoms with E-state index in [0.717, 1.165) is 11.1 Å². The topological polar surface area (TPSA) is 119 Å². The maximum Gasteiger partial charge on any atom is 0.326 e. The number of carbonyl (C=O) groups excluding carboxylic acids is 1. The van der Waals surface area contributed by atoms with Gasteiger partial charge in [0.05, 0.1) is 24.7 Å². The number of rotatable bonds is 10. The Bertz CT molecular complexity index is 1400. The SMILES string of the molecule is COc1cccc(OC)c1-c1ccc(C[C@H](NC(=O)C2(S(=O)(=O)c3ccccc3)CCSCC2)C(=O)O)cc1. The van der Waals surface area contributed by atoms with Crippen LogP contribution < -0.4 is 14.8 Å². The smallest absolute Gasteiger partial charge is 0.326 e. The normalized spacial score (nSPS) is 15.6. The molecule has 1 fully saturated rings. The van der Waals surface area contributed by atoms with Gasteiger partial charge in [0.2, 0.25) is 5.91 Å². The van der Waals surface area contributed by atoms with Gasteiger partial charge in [-0.05, 0) is 59.7 Å². The molecule has 206 valence electrons. The molecule has 8 nitrogen and oxygen atoms in total. The summed E-state index contributed by atoms with van der Waals surface area (Å²) in [5, 5.41) is 12.5. The van der Waals surface area contributed by atoms with Crippen molar-refractivity contribution in [2.45, 2.75) is 34.9 Å².